The highest BCUT2D eigenvalue weighted by molar-refractivity contribution is 5.79. The predicted octanol–water partition coefficient (Wildman–Crippen LogP) is 3.33. The zero-order chi connectivity index (χ0) is 21.4. The van der Waals surface area contributed by atoms with E-state index in [-0.39, 0.29) is 11.5 Å². The lowest BCUT2D eigenvalue weighted by Gasteiger charge is -2.39. The van der Waals surface area contributed by atoms with Crippen LogP contribution in [0, 0.1) is 11.3 Å². The molecular weight excluding hydrogens is 376 g/mol. The maximum atomic E-state index is 6.12. The van der Waals surface area contributed by atoms with Crippen LogP contribution >= 0.6 is 0 Å². The largest absolute Gasteiger partial charge is 0.377 e. The second-order valence-corrected chi connectivity index (χ2v) is 9.80. The smallest absolute Gasteiger partial charge is 0.191 e. The molecule has 1 fully saturated rings. The lowest BCUT2D eigenvalue weighted by Crippen LogP contribution is -2.43. The Morgan fingerprint density at radius 1 is 1.17 bits per heavy atom. The van der Waals surface area contributed by atoms with E-state index in [1.165, 1.54) is 31.5 Å². The first-order valence-corrected chi connectivity index (χ1v) is 12.0. The molecule has 1 aromatic rings. The van der Waals surface area contributed by atoms with Crippen LogP contribution in [-0.2, 0) is 24.1 Å². The van der Waals surface area contributed by atoms with Gasteiger partial charge in [0.25, 0.3) is 0 Å². The Labute approximate surface area is 182 Å². The van der Waals surface area contributed by atoms with Crippen molar-refractivity contribution < 1.29 is 4.74 Å². The van der Waals surface area contributed by atoms with Gasteiger partial charge in [0.1, 0.15) is 11.6 Å². The summed E-state index contributed by atoms with van der Waals surface area (Å²) in [6, 6.07) is 0. The van der Waals surface area contributed by atoms with Crippen molar-refractivity contribution in [3.63, 3.8) is 0 Å². The molecule has 2 N–H and O–H groups in total. The molecule has 2 unspecified atom stereocenters. The highest BCUT2D eigenvalue weighted by Crippen LogP contribution is 2.34. The number of aromatic nitrogens is 3. The number of nitrogens with one attached hydrogen (secondary N) is 2. The Balaban J connectivity index is 1.49. The van der Waals surface area contributed by atoms with Crippen molar-refractivity contribution in [1.82, 2.24) is 25.4 Å². The van der Waals surface area contributed by atoms with Crippen LogP contribution in [0.5, 0.6) is 0 Å². The van der Waals surface area contributed by atoms with E-state index < -0.39 is 0 Å². The van der Waals surface area contributed by atoms with E-state index in [2.05, 4.69) is 53.1 Å². The summed E-state index contributed by atoms with van der Waals surface area (Å²) < 4.78 is 8.47. The third kappa shape index (κ3) is 6.43. The fourth-order valence-corrected chi connectivity index (χ4v) is 4.72. The third-order valence-electron chi connectivity index (χ3n) is 6.18. The maximum Gasteiger partial charge on any atom is 0.191 e. The summed E-state index contributed by atoms with van der Waals surface area (Å²) in [6.07, 6.45) is 9.46. The van der Waals surface area contributed by atoms with Crippen molar-refractivity contribution in [3.8, 4) is 0 Å². The van der Waals surface area contributed by atoms with Crippen LogP contribution in [0.25, 0.3) is 0 Å². The second kappa shape index (κ2) is 11.1. The minimum atomic E-state index is 0.155. The number of hydrogen-bond donors (Lipinski definition) is 2. The molecule has 0 aliphatic carbocycles. The van der Waals surface area contributed by atoms with Gasteiger partial charge in [-0.3, -0.25) is 4.99 Å². The molecule has 3 rings (SSSR count). The zero-order valence-corrected chi connectivity index (χ0v) is 19.5. The van der Waals surface area contributed by atoms with Crippen LogP contribution in [0.4, 0.5) is 0 Å². The Bertz CT molecular complexity index is 678. The van der Waals surface area contributed by atoms with Crippen LogP contribution < -0.4 is 10.6 Å². The van der Waals surface area contributed by atoms with E-state index in [4.69, 9.17) is 9.73 Å². The molecule has 30 heavy (non-hydrogen) atoms. The fourth-order valence-electron chi connectivity index (χ4n) is 4.72. The van der Waals surface area contributed by atoms with Gasteiger partial charge in [-0.2, -0.15) is 0 Å². The number of ether oxygens (including phenoxy) is 1. The SMILES string of the molecule is CCNC(=NCC1CCCOC1C(C)(C)C)NCCCc1nnc2n1CCCCC2. The number of nitrogens with zero attached hydrogens (tertiary/aromatic N) is 4. The van der Waals surface area contributed by atoms with Gasteiger partial charge in [-0.25, -0.2) is 0 Å². The van der Waals surface area contributed by atoms with Gasteiger partial charge in [-0.15, -0.1) is 10.2 Å². The number of rotatable bonds is 7. The van der Waals surface area contributed by atoms with Crippen LogP contribution in [-0.4, -0.2) is 53.1 Å². The first kappa shape index (κ1) is 23.0. The van der Waals surface area contributed by atoms with Gasteiger partial charge < -0.3 is 19.9 Å². The molecule has 7 heteroatoms. The van der Waals surface area contributed by atoms with E-state index in [1.807, 2.05) is 0 Å². The first-order valence-electron chi connectivity index (χ1n) is 12.0. The molecular formula is C23H42N6O. The number of guanidine groups is 1. The summed E-state index contributed by atoms with van der Waals surface area (Å²) in [7, 11) is 0. The standard InChI is InChI=1S/C23H42N6O/c1-5-24-22(26-17-18-11-10-16-30-21(18)23(2,3)4)25-14-9-13-20-28-27-19-12-7-6-8-15-29(19)20/h18,21H,5-17H2,1-4H3,(H2,24,25,26). The Hall–Kier alpha value is -1.63. The summed E-state index contributed by atoms with van der Waals surface area (Å²) in [4.78, 5) is 4.90. The van der Waals surface area contributed by atoms with E-state index in [0.29, 0.717) is 5.92 Å². The summed E-state index contributed by atoms with van der Waals surface area (Å²) >= 11 is 0. The molecule has 3 heterocycles. The molecule has 1 saturated heterocycles. The molecule has 0 radical (unpaired) electrons. The third-order valence-corrected chi connectivity index (χ3v) is 6.18. The van der Waals surface area contributed by atoms with Gasteiger partial charge in [0.05, 0.1) is 6.10 Å². The first-order chi connectivity index (χ1) is 14.5. The van der Waals surface area contributed by atoms with Gasteiger partial charge in [-0.1, -0.05) is 27.2 Å². The molecule has 0 amide bonds. The molecule has 2 atom stereocenters. The zero-order valence-electron chi connectivity index (χ0n) is 19.5. The van der Waals surface area contributed by atoms with Gasteiger partial charge >= 0.3 is 0 Å². The quantitative estimate of drug-likeness (QED) is 0.403. The highest BCUT2D eigenvalue weighted by Gasteiger charge is 2.35. The monoisotopic (exact) mass is 418 g/mol. The molecule has 0 aromatic carbocycles. The Kier molecular flexibility index (Phi) is 8.54. The van der Waals surface area contributed by atoms with Crippen LogP contribution in [0.2, 0.25) is 0 Å². The van der Waals surface area contributed by atoms with Crippen molar-refractivity contribution >= 4 is 5.96 Å². The predicted molar refractivity (Wildman–Crippen MR) is 122 cm³/mol. The maximum absolute atomic E-state index is 6.12. The summed E-state index contributed by atoms with van der Waals surface area (Å²) in [5.41, 5.74) is 0.155. The van der Waals surface area contributed by atoms with Crippen molar-refractivity contribution in [3.05, 3.63) is 11.6 Å². The molecule has 7 nitrogen and oxygen atoms in total. The van der Waals surface area contributed by atoms with Gasteiger partial charge in [-0.05, 0) is 44.4 Å². The number of aryl methyl sites for hydroxylation is 2. The minimum Gasteiger partial charge on any atom is -0.377 e. The summed E-state index contributed by atoms with van der Waals surface area (Å²) in [5.74, 6) is 3.72. The molecule has 170 valence electrons. The lowest BCUT2D eigenvalue weighted by atomic mass is 9.78. The van der Waals surface area contributed by atoms with Crippen LogP contribution in [0.15, 0.2) is 4.99 Å². The highest BCUT2D eigenvalue weighted by atomic mass is 16.5. The summed E-state index contributed by atoms with van der Waals surface area (Å²) in [6.45, 7) is 13.5. The van der Waals surface area contributed by atoms with E-state index in [0.717, 1.165) is 70.3 Å². The minimum absolute atomic E-state index is 0.155. The van der Waals surface area contributed by atoms with Gasteiger partial charge in [0.2, 0.25) is 0 Å². The normalized spacial score (nSPS) is 23.0. The number of hydrogen-bond acceptors (Lipinski definition) is 4. The van der Waals surface area contributed by atoms with Crippen LogP contribution in [0.3, 0.4) is 0 Å². The number of fused-ring (bicyclic) bond motifs is 1. The molecule has 2 aliphatic heterocycles. The van der Waals surface area contributed by atoms with Crippen molar-refractivity contribution in [2.45, 2.75) is 91.7 Å². The molecule has 1 aromatic heterocycles. The molecule has 0 bridgehead atoms. The lowest BCUT2D eigenvalue weighted by molar-refractivity contribution is -0.0823. The second-order valence-electron chi connectivity index (χ2n) is 9.80. The Morgan fingerprint density at radius 3 is 2.83 bits per heavy atom. The van der Waals surface area contributed by atoms with E-state index >= 15 is 0 Å². The molecule has 2 aliphatic rings. The van der Waals surface area contributed by atoms with E-state index in [1.54, 1.807) is 0 Å². The average Bonchev–Trinajstić information content (AvgIpc) is 2.94. The van der Waals surface area contributed by atoms with Gasteiger partial charge in [0.15, 0.2) is 5.96 Å². The topological polar surface area (TPSA) is 76.4 Å². The average molecular weight is 419 g/mol. The molecule has 0 saturated carbocycles. The molecule has 0 spiro atoms. The summed E-state index contributed by atoms with van der Waals surface area (Å²) in [5, 5.41) is 15.8. The number of aliphatic imine (C=N–C) groups is 1. The Morgan fingerprint density at radius 2 is 2.03 bits per heavy atom. The van der Waals surface area contributed by atoms with Crippen LogP contribution in [0.1, 0.15) is 77.9 Å². The fraction of sp³-hybridized carbons (Fsp3) is 0.870. The van der Waals surface area contributed by atoms with E-state index in [9.17, 15) is 0 Å². The van der Waals surface area contributed by atoms with Gasteiger partial charge in [0, 0.05) is 51.5 Å². The van der Waals surface area contributed by atoms with Crippen molar-refractivity contribution in [2.75, 3.05) is 26.2 Å². The van der Waals surface area contributed by atoms with Crippen molar-refractivity contribution in [1.29, 1.82) is 0 Å². The van der Waals surface area contributed by atoms with Crippen molar-refractivity contribution in [2.24, 2.45) is 16.3 Å².